The molecule has 4 fully saturated rings. The highest BCUT2D eigenvalue weighted by molar-refractivity contribution is 7.83. The molecule has 0 spiro atoms. The number of aliphatic hydroxyl groups excluding tert-OH is 6. The molecule has 90 heavy (non-hydrogen) atoms. The molecule has 21 atom stereocenters. The second kappa shape index (κ2) is 34.9. The molecule has 0 aromatic rings. The van der Waals surface area contributed by atoms with E-state index in [4.69, 9.17) is 47.9 Å². The molecule has 4 saturated heterocycles. The summed E-state index contributed by atoms with van der Waals surface area (Å²) in [6.45, 7) is -0.0301. The Labute approximate surface area is 511 Å². The number of hydrogen-bond acceptors (Lipinski definition) is 32. The molecule has 1 amide bonds. The van der Waals surface area contributed by atoms with Gasteiger partial charge in [0.1, 0.15) is 73.1 Å². The second-order valence-corrected chi connectivity index (χ2v) is 25.3. The zero-order valence-corrected chi connectivity index (χ0v) is 50.7. The summed E-state index contributed by atoms with van der Waals surface area (Å²) in [5, 5.41) is 103. The molecule has 0 bridgehead atoms. The summed E-state index contributed by atoms with van der Waals surface area (Å²) < 4.78 is 222. The first-order chi connectivity index (χ1) is 41.4. The first kappa shape index (κ1) is 80.2. The maximum absolute atomic E-state index is 12.7. The lowest BCUT2D eigenvalue weighted by Crippen LogP contribution is -2.71. The highest BCUT2D eigenvalue weighted by atomic mass is 32.3. The predicted molar refractivity (Wildman–Crippen MR) is 280 cm³/mol. The van der Waals surface area contributed by atoms with E-state index in [1.54, 1.807) is 6.08 Å². The molecule has 17 N–H and O–H groups in total. The van der Waals surface area contributed by atoms with E-state index in [0.29, 0.717) is 0 Å². The van der Waals surface area contributed by atoms with E-state index in [9.17, 15) is 125 Å². The van der Waals surface area contributed by atoms with Crippen LogP contribution >= 0.6 is 0 Å². The Balaban J connectivity index is 0.000000902. The normalized spacial score (nSPS) is 33.3. The van der Waals surface area contributed by atoms with E-state index in [1.807, 2.05) is 5.32 Å². The van der Waals surface area contributed by atoms with Crippen LogP contribution in [0.2, 0.25) is 0 Å². The number of carbonyl (C=O) groups excluding carboxylic acids is 1. The van der Waals surface area contributed by atoms with Gasteiger partial charge in [-0.3, -0.25) is 37.1 Å². The van der Waals surface area contributed by atoms with E-state index in [2.05, 4.69) is 23.7 Å². The van der Waals surface area contributed by atoms with Crippen molar-refractivity contribution >= 4 is 81.7 Å². The van der Waals surface area contributed by atoms with Crippen molar-refractivity contribution in [1.82, 2.24) is 10.0 Å². The minimum atomic E-state index is -6.09. The van der Waals surface area contributed by atoms with Gasteiger partial charge in [-0.2, -0.15) is 46.8 Å². The number of amides is 1. The van der Waals surface area contributed by atoms with Crippen LogP contribution in [0, 0.1) is 5.92 Å². The number of carbonyl (C=O) groups is 5. The molecule has 4 aliphatic rings. The van der Waals surface area contributed by atoms with Gasteiger partial charge in [0.05, 0.1) is 25.6 Å². The van der Waals surface area contributed by atoms with Gasteiger partial charge in [0.15, 0.2) is 49.6 Å². The number of unbranched alkanes of at least 4 members (excludes halogenated alkanes) is 8. The van der Waals surface area contributed by atoms with Crippen molar-refractivity contribution in [2.45, 2.75) is 201 Å². The van der Waals surface area contributed by atoms with Crippen LogP contribution in [-0.2, 0) is 126 Å². The molecule has 0 saturated carbocycles. The summed E-state index contributed by atoms with van der Waals surface area (Å²) in [6.07, 6.45) is -35.3. The topological polar surface area (TPSA) is 685 Å². The number of allylic oxidation sites excluding steroid dienone is 1. The van der Waals surface area contributed by atoms with Crippen LogP contribution in [-0.4, -0.2) is 282 Å². The van der Waals surface area contributed by atoms with E-state index in [1.165, 1.54) is 49.3 Å². The van der Waals surface area contributed by atoms with Crippen molar-refractivity contribution in [1.29, 1.82) is 0 Å². The standard InChI is InChI=1S/C26H42N2O37S5.C16H28O4/c1-4(30)27-7-9(31)13(6(56-23(7)39)3-55-67(43,44)45)58-26-19(65-70(52,53)54)12(34)16(20(62-26)22(37)38)60-24-8(28-66(40,41)42)15(63-68(46,47)48)14(5(2-29)57-24)59-25-18(64-69(49,50)51)11(33)10(32)17(61-25)21(35)36;1-2-3-4-5-6-7-8-9-10-11-12-14(16(19)20)13-15(17)18/h5-20,23-26,28-29,31-34,39H,2-3H2,1H3,(H,27,30)(H,35,36)(H,37,38)(H,40,41,42)(H,43,44,45)(H,46,47,48)(H,49,50,51)(H,52,53,54);11-12,14H,2-10,13H2,1H3,(H,17,18)(H,19,20)/t5-,6+,7-,8-,9-,10-,11-,12+,13-,14-,15-,16+,17-,18+,19-,20+,23-,24+,25+,26-;/m1./s1. The van der Waals surface area contributed by atoms with Crippen LogP contribution in [0.4, 0.5) is 0 Å². The number of aliphatic hydroxyl groups is 6. The van der Waals surface area contributed by atoms with Crippen LogP contribution in [0.5, 0.6) is 0 Å². The molecule has 48 heteroatoms. The van der Waals surface area contributed by atoms with Crippen molar-refractivity contribution < 1.29 is 190 Å². The molecule has 4 aliphatic heterocycles. The van der Waals surface area contributed by atoms with Crippen molar-refractivity contribution in [3.63, 3.8) is 0 Å². The number of nitrogens with one attached hydrogen (secondary N) is 2. The summed E-state index contributed by atoms with van der Waals surface area (Å²) in [5.74, 6) is -8.53. The number of ether oxygens (including phenoxy) is 7. The minimum absolute atomic E-state index is 0.344. The average Bonchev–Trinajstić information content (AvgIpc) is 0.774. The van der Waals surface area contributed by atoms with Gasteiger partial charge in [0.2, 0.25) is 5.91 Å². The fourth-order valence-corrected chi connectivity index (χ4v) is 11.5. The smallest absolute Gasteiger partial charge is 0.397 e. The number of carboxylic acids is 4. The number of aliphatic carboxylic acids is 4. The number of hydrogen-bond donors (Lipinski definition) is 17. The molecular formula is C42H70N2O41S5. The highest BCUT2D eigenvalue weighted by Gasteiger charge is 2.60. The van der Waals surface area contributed by atoms with Gasteiger partial charge in [-0.05, 0) is 12.8 Å². The van der Waals surface area contributed by atoms with E-state index in [-0.39, 0.29) is 6.42 Å². The zero-order chi connectivity index (χ0) is 68.6. The monoisotopic (exact) mass is 1420 g/mol. The fourth-order valence-electron chi connectivity index (χ4n) is 9.13. The molecule has 0 radical (unpaired) electrons. The lowest BCUT2D eigenvalue weighted by atomic mass is 9.94. The van der Waals surface area contributed by atoms with Crippen molar-refractivity contribution in [3.8, 4) is 0 Å². The van der Waals surface area contributed by atoms with Gasteiger partial charge in [-0.25, -0.2) is 26.3 Å². The Morgan fingerprint density at radius 1 is 0.533 bits per heavy atom. The third-order valence-electron chi connectivity index (χ3n) is 13.0. The molecule has 0 aliphatic carbocycles. The summed E-state index contributed by atoms with van der Waals surface area (Å²) in [4.78, 5) is 57.7. The zero-order valence-electron chi connectivity index (χ0n) is 46.6. The molecule has 524 valence electrons. The van der Waals surface area contributed by atoms with Gasteiger partial charge in [-0.15, -0.1) is 0 Å². The molecule has 4 heterocycles. The Morgan fingerprint density at radius 3 is 1.49 bits per heavy atom. The third-order valence-corrected chi connectivity index (χ3v) is 15.4. The van der Waals surface area contributed by atoms with Gasteiger partial charge in [0, 0.05) is 6.92 Å². The van der Waals surface area contributed by atoms with Crippen molar-refractivity contribution in [2.75, 3.05) is 13.2 Å². The van der Waals surface area contributed by atoms with Crippen LogP contribution in [0.25, 0.3) is 0 Å². The largest absolute Gasteiger partial charge is 0.481 e. The first-order valence-corrected chi connectivity index (χ1v) is 33.1. The summed E-state index contributed by atoms with van der Waals surface area (Å²) in [5.41, 5.74) is 0. The Morgan fingerprint density at radius 2 is 1.02 bits per heavy atom. The van der Waals surface area contributed by atoms with Gasteiger partial charge < -0.3 is 89.5 Å². The molecule has 1 unspecified atom stereocenters. The number of carboxylic acid groups (broad SMARTS) is 4. The van der Waals surface area contributed by atoms with E-state index >= 15 is 0 Å². The Hall–Kier alpha value is -4.08. The molecule has 0 aromatic carbocycles. The van der Waals surface area contributed by atoms with E-state index in [0.717, 1.165) is 26.2 Å². The van der Waals surface area contributed by atoms with Gasteiger partial charge in [-0.1, -0.05) is 64.0 Å². The second-order valence-electron chi connectivity index (χ2n) is 19.8. The fraction of sp³-hybridized carbons (Fsp3) is 0.833. The third kappa shape index (κ3) is 26.4. The first-order valence-electron chi connectivity index (χ1n) is 26.2. The minimum Gasteiger partial charge on any atom is -0.481 e. The quantitative estimate of drug-likeness (QED) is 0.0162. The maximum Gasteiger partial charge on any atom is 0.397 e. The van der Waals surface area contributed by atoms with Gasteiger partial charge in [0.25, 0.3) is 0 Å². The number of rotatable bonds is 34. The predicted octanol–water partition coefficient (Wildman–Crippen LogP) is -6.46. The molecule has 43 nitrogen and oxygen atoms in total. The average molecular weight is 1420 g/mol. The van der Waals surface area contributed by atoms with Crippen molar-refractivity contribution in [2.24, 2.45) is 5.92 Å². The highest BCUT2D eigenvalue weighted by Crippen LogP contribution is 2.38. The molecule has 4 rings (SSSR count). The van der Waals surface area contributed by atoms with Crippen LogP contribution in [0.15, 0.2) is 12.2 Å². The Bertz CT molecular complexity index is 2990. The van der Waals surface area contributed by atoms with Crippen LogP contribution < -0.4 is 10.0 Å². The summed E-state index contributed by atoms with van der Waals surface area (Å²) >= 11 is 0. The SMILES string of the molecule is CC(=O)N[C@@H]1[C@@H](O)[C@H](O[C@@H]2O[C@H](C(=O)O)[C@@H](O[C@@H]3O[C@H](CO)[C@@H](O[C@H]4O[C@@H](C(=O)O)[C@H](O)[C@@H](O)[C@@H]4OS(=O)(=O)O)[C@H](OS(=O)(=O)O)[C@H]3NS(=O)(=O)O)[C@H](O)[C@H]2OS(=O)(=O)O)[C@H](COS(=O)(=O)O)O[C@H]1O.CCCCCCCCCCC=CC(CC(=O)O)C(=O)O. The molecule has 0 aromatic heterocycles. The van der Waals surface area contributed by atoms with Crippen molar-refractivity contribution in [3.05, 3.63) is 12.2 Å². The molecular weight excluding hydrogens is 1350 g/mol. The lowest BCUT2D eigenvalue weighted by Gasteiger charge is -2.50. The maximum atomic E-state index is 12.7. The summed E-state index contributed by atoms with van der Waals surface area (Å²) in [6, 6.07) is -4.96. The van der Waals surface area contributed by atoms with Crippen LogP contribution in [0.3, 0.4) is 0 Å². The lowest BCUT2D eigenvalue weighted by molar-refractivity contribution is -0.366. The van der Waals surface area contributed by atoms with Crippen LogP contribution in [0.1, 0.15) is 78.1 Å². The Kier molecular flexibility index (Phi) is 31.1. The van der Waals surface area contributed by atoms with Gasteiger partial charge >= 0.3 is 75.8 Å². The summed E-state index contributed by atoms with van der Waals surface area (Å²) in [7, 11) is -29.1. The van der Waals surface area contributed by atoms with E-state index < -0.39 is 224 Å².